The lowest BCUT2D eigenvalue weighted by atomic mass is 10.1. The van der Waals surface area contributed by atoms with Crippen molar-refractivity contribution in [1.82, 2.24) is 14.7 Å². The Morgan fingerprint density at radius 2 is 1.90 bits per heavy atom. The van der Waals surface area contributed by atoms with E-state index >= 15 is 0 Å². The third kappa shape index (κ3) is 3.73. The maximum absolute atomic E-state index is 9.71. The molecule has 0 saturated carbocycles. The van der Waals surface area contributed by atoms with Crippen LogP contribution < -0.4 is 9.47 Å². The molecule has 150 valence electrons. The Kier molecular flexibility index (Phi) is 4.96. The van der Waals surface area contributed by atoms with Gasteiger partial charge in [0.2, 0.25) is 6.79 Å². The zero-order valence-corrected chi connectivity index (χ0v) is 16.3. The van der Waals surface area contributed by atoms with Gasteiger partial charge in [-0.15, -0.1) is 0 Å². The fourth-order valence-corrected chi connectivity index (χ4v) is 4.25. The number of benzene rings is 2. The molecule has 0 amide bonds. The molecule has 0 unspecified atom stereocenters. The second-order valence-corrected chi connectivity index (χ2v) is 7.70. The summed E-state index contributed by atoms with van der Waals surface area (Å²) >= 11 is 0. The van der Waals surface area contributed by atoms with Crippen LogP contribution in [0, 0.1) is 0 Å². The van der Waals surface area contributed by atoms with Gasteiger partial charge in [-0.2, -0.15) is 5.10 Å². The van der Waals surface area contributed by atoms with E-state index in [1.54, 1.807) is 0 Å². The SMILES string of the molecule is OC[C@@H]1CCCN1Cc1cn(Cc2ccccc2)nc1-c1ccc2c(c1)OCO2. The summed E-state index contributed by atoms with van der Waals surface area (Å²) in [7, 11) is 0. The summed E-state index contributed by atoms with van der Waals surface area (Å²) in [5, 5.41) is 14.6. The first-order valence-electron chi connectivity index (χ1n) is 10.2. The highest BCUT2D eigenvalue weighted by Crippen LogP contribution is 2.37. The number of rotatable bonds is 6. The zero-order chi connectivity index (χ0) is 19.6. The number of likely N-dealkylation sites (tertiary alicyclic amines) is 1. The minimum Gasteiger partial charge on any atom is -0.454 e. The van der Waals surface area contributed by atoms with Gasteiger partial charge in [0.15, 0.2) is 11.5 Å². The van der Waals surface area contributed by atoms with Crippen LogP contribution in [0.15, 0.2) is 54.7 Å². The van der Waals surface area contributed by atoms with E-state index in [1.165, 1.54) is 11.1 Å². The number of hydrogen-bond acceptors (Lipinski definition) is 5. The van der Waals surface area contributed by atoms with Crippen molar-refractivity contribution in [2.75, 3.05) is 19.9 Å². The van der Waals surface area contributed by atoms with E-state index in [2.05, 4.69) is 35.4 Å². The summed E-state index contributed by atoms with van der Waals surface area (Å²) < 4.78 is 13.0. The third-order valence-corrected chi connectivity index (χ3v) is 5.75. The van der Waals surface area contributed by atoms with Crippen LogP contribution in [0.2, 0.25) is 0 Å². The van der Waals surface area contributed by atoms with Gasteiger partial charge in [-0.3, -0.25) is 9.58 Å². The molecule has 6 heteroatoms. The van der Waals surface area contributed by atoms with Gasteiger partial charge in [0, 0.05) is 29.9 Å². The second kappa shape index (κ2) is 7.89. The fourth-order valence-electron chi connectivity index (χ4n) is 4.25. The van der Waals surface area contributed by atoms with Gasteiger partial charge in [-0.25, -0.2) is 0 Å². The maximum Gasteiger partial charge on any atom is 0.231 e. The molecule has 3 aromatic rings. The average Bonchev–Trinajstić information content (AvgIpc) is 3.48. The lowest BCUT2D eigenvalue weighted by Gasteiger charge is -2.22. The molecule has 1 N–H and O–H groups in total. The van der Waals surface area contributed by atoms with Crippen molar-refractivity contribution >= 4 is 0 Å². The first-order chi connectivity index (χ1) is 14.3. The minimum atomic E-state index is 0.206. The van der Waals surface area contributed by atoms with Gasteiger partial charge in [0.25, 0.3) is 0 Å². The minimum absolute atomic E-state index is 0.206. The lowest BCUT2D eigenvalue weighted by Crippen LogP contribution is -2.31. The Labute approximate surface area is 170 Å². The van der Waals surface area contributed by atoms with Gasteiger partial charge < -0.3 is 14.6 Å². The van der Waals surface area contributed by atoms with E-state index in [0.717, 1.165) is 55.2 Å². The zero-order valence-electron chi connectivity index (χ0n) is 16.3. The molecule has 1 atom stereocenters. The van der Waals surface area contributed by atoms with Crippen LogP contribution in [0.25, 0.3) is 11.3 Å². The van der Waals surface area contributed by atoms with Gasteiger partial charge >= 0.3 is 0 Å². The van der Waals surface area contributed by atoms with E-state index in [0.29, 0.717) is 0 Å². The molecule has 1 aromatic heterocycles. The van der Waals surface area contributed by atoms with Crippen LogP contribution in [-0.4, -0.2) is 45.8 Å². The van der Waals surface area contributed by atoms with Crippen molar-refractivity contribution in [3.63, 3.8) is 0 Å². The highest BCUT2D eigenvalue weighted by Gasteiger charge is 2.26. The Hall–Kier alpha value is -2.83. The van der Waals surface area contributed by atoms with Crippen LogP contribution in [0.5, 0.6) is 11.5 Å². The van der Waals surface area contributed by atoms with Crippen molar-refractivity contribution in [1.29, 1.82) is 0 Å². The van der Waals surface area contributed by atoms with Crippen molar-refractivity contribution in [2.45, 2.75) is 32.0 Å². The summed E-state index contributed by atoms with van der Waals surface area (Å²) in [6.45, 7) is 2.98. The number of aliphatic hydroxyl groups excluding tert-OH is 1. The average molecular weight is 391 g/mol. The maximum atomic E-state index is 9.71. The predicted molar refractivity (Wildman–Crippen MR) is 110 cm³/mol. The van der Waals surface area contributed by atoms with Gasteiger partial charge in [-0.1, -0.05) is 30.3 Å². The molecule has 0 bridgehead atoms. The predicted octanol–water partition coefficient (Wildman–Crippen LogP) is 3.28. The highest BCUT2D eigenvalue weighted by molar-refractivity contribution is 5.67. The molecule has 1 saturated heterocycles. The van der Waals surface area contributed by atoms with Crippen molar-refractivity contribution in [2.24, 2.45) is 0 Å². The molecule has 5 rings (SSSR count). The molecule has 6 nitrogen and oxygen atoms in total. The summed E-state index contributed by atoms with van der Waals surface area (Å²) in [5.74, 6) is 1.54. The molecule has 2 aliphatic heterocycles. The second-order valence-electron chi connectivity index (χ2n) is 7.70. The Balaban J connectivity index is 1.49. The van der Waals surface area contributed by atoms with Gasteiger partial charge in [-0.05, 0) is 43.1 Å². The summed E-state index contributed by atoms with van der Waals surface area (Å²) in [4.78, 5) is 2.36. The quantitative estimate of drug-likeness (QED) is 0.699. The molecular formula is C23H25N3O3. The fraction of sp³-hybridized carbons (Fsp3) is 0.348. The molecule has 0 radical (unpaired) electrons. The first-order valence-corrected chi connectivity index (χ1v) is 10.2. The third-order valence-electron chi connectivity index (χ3n) is 5.75. The summed E-state index contributed by atoms with van der Waals surface area (Å²) in [6.07, 6.45) is 4.32. The van der Waals surface area contributed by atoms with Crippen molar-refractivity contribution < 1.29 is 14.6 Å². The molecule has 3 heterocycles. The van der Waals surface area contributed by atoms with Crippen molar-refractivity contribution in [3.05, 3.63) is 65.9 Å². The van der Waals surface area contributed by atoms with Gasteiger partial charge in [0.1, 0.15) is 0 Å². The van der Waals surface area contributed by atoms with E-state index in [-0.39, 0.29) is 19.4 Å². The molecular weight excluding hydrogens is 366 g/mol. The topological polar surface area (TPSA) is 59.8 Å². The molecule has 0 spiro atoms. The molecule has 2 aliphatic rings. The lowest BCUT2D eigenvalue weighted by molar-refractivity contribution is 0.154. The van der Waals surface area contributed by atoms with E-state index in [9.17, 15) is 5.11 Å². The van der Waals surface area contributed by atoms with E-state index < -0.39 is 0 Å². The van der Waals surface area contributed by atoms with Crippen LogP contribution in [0.1, 0.15) is 24.0 Å². The number of nitrogens with zero attached hydrogens (tertiary/aromatic N) is 3. The van der Waals surface area contributed by atoms with Crippen LogP contribution in [0.4, 0.5) is 0 Å². The number of aromatic nitrogens is 2. The van der Waals surface area contributed by atoms with E-state index in [4.69, 9.17) is 14.6 Å². The number of aliphatic hydroxyl groups is 1. The summed E-state index contributed by atoms with van der Waals surface area (Å²) in [6, 6.07) is 16.6. The molecule has 29 heavy (non-hydrogen) atoms. The van der Waals surface area contributed by atoms with Crippen LogP contribution in [-0.2, 0) is 13.1 Å². The van der Waals surface area contributed by atoms with Crippen LogP contribution >= 0.6 is 0 Å². The van der Waals surface area contributed by atoms with Crippen molar-refractivity contribution in [3.8, 4) is 22.8 Å². The summed E-state index contributed by atoms with van der Waals surface area (Å²) in [5.41, 5.74) is 4.37. The Bertz CT molecular complexity index is 986. The van der Waals surface area contributed by atoms with E-state index in [1.807, 2.05) is 28.9 Å². The smallest absolute Gasteiger partial charge is 0.231 e. The molecule has 0 aliphatic carbocycles. The molecule has 1 fully saturated rings. The highest BCUT2D eigenvalue weighted by atomic mass is 16.7. The monoisotopic (exact) mass is 391 g/mol. The van der Waals surface area contributed by atoms with Crippen LogP contribution in [0.3, 0.4) is 0 Å². The van der Waals surface area contributed by atoms with Gasteiger partial charge in [0.05, 0.1) is 18.8 Å². The first kappa shape index (κ1) is 18.2. The number of hydrogen-bond donors (Lipinski definition) is 1. The number of ether oxygens (including phenoxy) is 2. The Morgan fingerprint density at radius 3 is 2.76 bits per heavy atom. The standard InChI is InChI=1S/C23H25N3O3/c27-15-20-7-4-10-25(20)13-19-14-26(12-17-5-2-1-3-6-17)24-23(19)18-8-9-21-22(11-18)29-16-28-21/h1-3,5-6,8-9,11,14,20,27H,4,7,10,12-13,15-16H2/t20-/m0/s1. The number of fused-ring (bicyclic) bond motifs is 1. The molecule has 2 aromatic carbocycles. The normalized spacial score (nSPS) is 18.4. The Morgan fingerprint density at radius 1 is 1.03 bits per heavy atom. The largest absolute Gasteiger partial charge is 0.454 e.